The van der Waals surface area contributed by atoms with Gasteiger partial charge in [-0.15, -0.1) is 0 Å². The normalized spacial score (nSPS) is 14.4. The first-order chi connectivity index (χ1) is 16.6. The number of ether oxygens (including phenoxy) is 2. The van der Waals surface area contributed by atoms with Gasteiger partial charge in [0.15, 0.2) is 11.5 Å². The Bertz CT molecular complexity index is 953. The van der Waals surface area contributed by atoms with Crippen molar-refractivity contribution in [1.82, 2.24) is 15.2 Å². The van der Waals surface area contributed by atoms with E-state index in [0.29, 0.717) is 12.4 Å². The van der Waals surface area contributed by atoms with E-state index in [1.165, 1.54) is 31.5 Å². The second-order valence-electron chi connectivity index (χ2n) is 8.35. The maximum Gasteiger partial charge on any atom is 0.163 e. The largest absolute Gasteiger partial charge is 0.493 e. The lowest BCUT2D eigenvalue weighted by Gasteiger charge is -2.16. The van der Waals surface area contributed by atoms with Gasteiger partial charge in [-0.3, -0.25) is 4.98 Å². The van der Waals surface area contributed by atoms with Gasteiger partial charge in [0.05, 0.1) is 13.7 Å². The molecule has 182 valence electrons. The Morgan fingerprint density at radius 1 is 1.18 bits per heavy atom. The summed E-state index contributed by atoms with van der Waals surface area (Å²) in [5.74, 6) is 1.99. The zero-order chi connectivity index (χ0) is 24.0. The first-order valence-corrected chi connectivity index (χ1v) is 12.0. The molecule has 0 unspecified atom stereocenters. The van der Waals surface area contributed by atoms with Crippen molar-refractivity contribution in [3.8, 4) is 11.5 Å². The van der Waals surface area contributed by atoms with E-state index in [2.05, 4.69) is 32.1 Å². The molecule has 1 aromatic carbocycles. The Balaban J connectivity index is 1.43. The number of likely N-dealkylation sites (tertiary alicyclic amines) is 1. The Hall–Kier alpha value is -3.32. The maximum absolute atomic E-state index is 6.01. The summed E-state index contributed by atoms with van der Waals surface area (Å²) in [6.45, 7) is 11.0. The summed E-state index contributed by atoms with van der Waals surface area (Å²) in [6.07, 6.45) is 11.9. The summed E-state index contributed by atoms with van der Waals surface area (Å²) >= 11 is 0. The lowest BCUT2D eigenvalue weighted by molar-refractivity contribution is 0.254. The molecule has 0 saturated carbocycles. The fourth-order valence-corrected chi connectivity index (χ4v) is 3.79. The van der Waals surface area contributed by atoms with Gasteiger partial charge in [0, 0.05) is 49.1 Å². The molecule has 0 bridgehead atoms. The lowest BCUT2D eigenvalue weighted by Crippen LogP contribution is -2.21. The molecule has 0 atom stereocenters. The van der Waals surface area contributed by atoms with Gasteiger partial charge in [-0.1, -0.05) is 6.58 Å². The first kappa shape index (κ1) is 25.3. The number of nitrogens with zero attached hydrogens (tertiary/aromatic N) is 3. The van der Waals surface area contributed by atoms with Crippen molar-refractivity contribution >= 4 is 11.9 Å². The van der Waals surface area contributed by atoms with E-state index >= 15 is 0 Å². The molecule has 1 aromatic heterocycles. The Kier molecular flexibility index (Phi) is 10.5. The van der Waals surface area contributed by atoms with E-state index in [1.807, 2.05) is 55.7 Å². The van der Waals surface area contributed by atoms with Gasteiger partial charge >= 0.3 is 0 Å². The SMILES string of the molecule is C=C(/N=C\C=C(/C)NCCc1ccncc1)Nc1ccc(OC)c(OCCCN2CCCC2)c1. The molecule has 0 aliphatic carbocycles. The molecule has 3 rings (SSSR count). The summed E-state index contributed by atoms with van der Waals surface area (Å²) in [6, 6.07) is 9.81. The van der Waals surface area contributed by atoms with Gasteiger partial charge in [-0.25, -0.2) is 4.99 Å². The van der Waals surface area contributed by atoms with Crippen LogP contribution in [0, 0.1) is 0 Å². The summed E-state index contributed by atoms with van der Waals surface area (Å²) in [5, 5.41) is 6.60. The van der Waals surface area contributed by atoms with Gasteiger partial charge in [-0.2, -0.15) is 0 Å². The molecular formula is C27H37N5O2. The minimum atomic E-state index is 0.547. The minimum Gasteiger partial charge on any atom is -0.493 e. The van der Waals surface area contributed by atoms with Crippen LogP contribution < -0.4 is 20.1 Å². The van der Waals surface area contributed by atoms with Crippen LogP contribution in [0.3, 0.4) is 0 Å². The van der Waals surface area contributed by atoms with Crippen LogP contribution >= 0.6 is 0 Å². The smallest absolute Gasteiger partial charge is 0.163 e. The third-order valence-corrected chi connectivity index (χ3v) is 5.65. The van der Waals surface area contributed by atoms with Crippen LogP contribution in [0.1, 0.15) is 31.7 Å². The number of aliphatic imine (C=N–C) groups is 1. The number of benzene rings is 1. The molecule has 7 heteroatoms. The zero-order valence-corrected chi connectivity index (χ0v) is 20.4. The average molecular weight is 464 g/mol. The summed E-state index contributed by atoms with van der Waals surface area (Å²) in [4.78, 5) is 10.9. The van der Waals surface area contributed by atoms with E-state index in [4.69, 9.17) is 9.47 Å². The second kappa shape index (κ2) is 14.1. The Morgan fingerprint density at radius 2 is 1.97 bits per heavy atom. The van der Waals surface area contributed by atoms with Crippen molar-refractivity contribution in [3.63, 3.8) is 0 Å². The highest BCUT2D eigenvalue weighted by atomic mass is 16.5. The van der Waals surface area contributed by atoms with Gasteiger partial charge in [0.2, 0.25) is 0 Å². The summed E-state index contributed by atoms with van der Waals surface area (Å²) in [7, 11) is 1.66. The van der Waals surface area contributed by atoms with Crippen LogP contribution in [-0.2, 0) is 6.42 Å². The van der Waals surface area contributed by atoms with E-state index in [0.717, 1.165) is 48.8 Å². The number of hydrogen-bond donors (Lipinski definition) is 2. The minimum absolute atomic E-state index is 0.547. The van der Waals surface area contributed by atoms with Crippen LogP contribution in [0.2, 0.25) is 0 Å². The monoisotopic (exact) mass is 463 g/mol. The van der Waals surface area contributed by atoms with Crippen LogP contribution in [0.25, 0.3) is 0 Å². The second-order valence-corrected chi connectivity index (χ2v) is 8.35. The highest BCUT2D eigenvalue weighted by Gasteiger charge is 2.11. The molecule has 2 N–H and O–H groups in total. The number of allylic oxidation sites excluding steroid dienone is 2. The number of hydrogen-bond acceptors (Lipinski definition) is 7. The number of anilines is 1. The number of methoxy groups -OCH3 is 1. The molecule has 0 radical (unpaired) electrons. The predicted molar refractivity (Wildman–Crippen MR) is 140 cm³/mol. The molecule has 1 aliphatic rings. The van der Waals surface area contributed by atoms with Gasteiger partial charge in [-0.05, 0) is 81.6 Å². The van der Waals surface area contributed by atoms with Crippen LogP contribution in [0.5, 0.6) is 11.5 Å². The number of aromatic nitrogens is 1. The number of pyridine rings is 1. The molecule has 2 aromatic rings. The van der Waals surface area contributed by atoms with Gasteiger partial charge in [0.25, 0.3) is 0 Å². The molecule has 0 spiro atoms. The van der Waals surface area contributed by atoms with E-state index < -0.39 is 0 Å². The third-order valence-electron chi connectivity index (χ3n) is 5.65. The standard InChI is InChI=1S/C27H37N5O2/c1-22(29-16-12-24-10-13-28-14-11-24)9-15-30-23(2)31-25-7-8-26(33-3)27(21-25)34-20-6-19-32-17-4-5-18-32/h7-11,13-15,21,29,31H,2,4-6,12,16-20H2,1,3H3/b22-9+,30-15-. The summed E-state index contributed by atoms with van der Waals surface area (Å²) < 4.78 is 11.5. The highest BCUT2D eigenvalue weighted by molar-refractivity contribution is 5.73. The van der Waals surface area contributed by atoms with Crippen LogP contribution in [0.4, 0.5) is 5.69 Å². The molecule has 1 aliphatic heterocycles. The fourth-order valence-electron chi connectivity index (χ4n) is 3.79. The molecule has 0 amide bonds. The predicted octanol–water partition coefficient (Wildman–Crippen LogP) is 4.64. The Morgan fingerprint density at radius 3 is 2.74 bits per heavy atom. The topological polar surface area (TPSA) is 71.0 Å². The van der Waals surface area contributed by atoms with E-state index in [9.17, 15) is 0 Å². The molecule has 1 saturated heterocycles. The molecule has 1 fully saturated rings. The average Bonchev–Trinajstić information content (AvgIpc) is 3.36. The van der Waals surface area contributed by atoms with Crippen molar-refractivity contribution in [2.45, 2.75) is 32.6 Å². The van der Waals surface area contributed by atoms with Gasteiger partial charge < -0.3 is 25.0 Å². The van der Waals surface area contributed by atoms with Crippen LogP contribution in [0.15, 0.2) is 71.9 Å². The van der Waals surface area contributed by atoms with E-state index in [1.54, 1.807) is 13.3 Å². The highest BCUT2D eigenvalue weighted by Crippen LogP contribution is 2.30. The van der Waals surface area contributed by atoms with Crippen molar-refractivity contribution < 1.29 is 9.47 Å². The number of nitrogens with one attached hydrogen (secondary N) is 2. The van der Waals surface area contributed by atoms with E-state index in [-0.39, 0.29) is 0 Å². The third kappa shape index (κ3) is 8.90. The van der Waals surface area contributed by atoms with Crippen molar-refractivity contribution in [1.29, 1.82) is 0 Å². The zero-order valence-electron chi connectivity index (χ0n) is 20.4. The maximum atomic E-state index is 6.01. The molecule has 2 heterocycles. The van der Waals surface area contributed by atoms with Crippen molar-refractivity contribution in [2.75, 3.05) is 45.2 Å². The van der Waals surface area contributed by atoms with Crippen molar-refractivity contribution in [3.05, 3.63) is 72.5 Å². The lowest BCUT2D eigenvalue weighted by atomic mass is 10.2. The molecular weight excluding hydrogens is 426 g/mol. The van der Waals surface area contributed by atoms with Crippen LogP contribution in [-0.4, -0.2) is 56.0 Å². The quantitative estimate of drug-likeness (QED) is 0.314. The fraction of sp³-hybridized carbons (Fsp3) is 0.407. The molecule has 7 nitrogen and oxygen atoms in total. The van der Waals surface area contributed by atoms with Crippen molar-refractivity contribution in [2.24, 2.45) is 4.99 Å². The molecule has 34 heavy (non-hydrogen) atoms. The number of rotatable bonds is 14. The van der Waals surface area contributed by atoms with Gasteiger partial charge in [0.1, 0.15) is 5.82 Å². The first-order valence-electron chi connectivity index (χ1n) is 12.0. The summed E-state index contributed by atoms with van der Waals surface area (Å²) in [5.41, 5.74) is 3.16. The Labute approximate surface area is 203 Å².